The number of ketones is 1. The number of carbonyl (C=O) groups excluding carboxylic acids is 1. The summed E-state index contributed by atoms with van der Waals surface area (Å²) < 4.78 is 13.2. The first-order valence-electron chi connectivity index (χ1n) is 13.3. The van der Waals surface area contributed by atoms with E-state index in [1.807, 2.05) is 0 Å². The van der Waals surface area contributed by atoms with Crippen molar-refractivity contribution in [2.24, 2.45) is 46.3 Å². The predicted molar refractivity (Wildman–Crippen MR) is 120 cm³/mol. The van der Waals surface area contributed by atoms with Crippen LogP contribution in [0.1, 0.15) is 85.5 Å². The van der Waals surface area contributed by atoms with Crippen molar-refractivity contribution in [1.82, 2.24) is 0 Å². The highest BCUT2D eigenvalue weighted by atomic mass is 16.7. The molecule has 2 saturated heterocycles. The number of ether oxygens (including phenoxy) is 2. The molecule has 1 unspecified atom stereocenters. The van der Waals surface area contributed by atoms with E-state index in [9.17, 15) is 15.0 Å². The molecule has 5 heteroatoms. The van der Waals surface area contributed by atoms with Crippen LogP contribution in [0.3, 0.4) is 0 Å². The van der Waals surface area contributed by atoms with Gasteiger partial charge in [0.25, 0.3) is 0 Å². The van der Waals surface area contributed by atoms with Gasteiger partial charge in [-0.3, -0.25) is 4.79 Å². The molecule has 2 aliphatic heterocycles. The van der Waals surface area contributed by atoms with Crippen LogP contribution in [0.5, 0.6) is 0 Å². The van der Waals surface area contributed by atoms with E-state index in [1.54, 1.807) is 0 Å². The molecule has 12 atom stereocenters. The number of aliphatic hydroxyl groups is 2. The molecule has 2 N–H and O–H groups in total. The highest BCUT2D eigenvalue weighted by Crippen LogP contribution is 2.71. The van der Waals surface area contributed by atoms with E-state index in [0.717, 1.165) is 38.7 Å². The van der Waals surface area contributed by atoms with Gasteiger partial charge in [0.15, 0.2) is 11.6 Å². The van der Waals surface area contributed by atoms with E-state index in [2.05, 4.69) is 27.7 Å². The van der Waals surface area contributed by atoms with Gasteiger partial charge in [0, 0.05) is 30.6 Å². The molecule has 180 valence electrons. The topological polar surface area (TPSA) is 76.0 Å². The number of hydrogen-bond donors (Lipinski definition) is 2. The molecule has 1 spiro atoms. The summed E-state index contributed by atoms with van der Waals surface area (Å²) in [5.74, 6) is 2.20. The van der Waals surface area contributed by atoms with E-state index in [4.69, 9.17) is 9.47 Å². The molecular weight excluding hydrogens is 404 g/mol. The molecule has 0 bridgehead atoms. The first kappa shape index (κ1) is 22.0. The summed E-state index contributed by atoms with van der Waals surface area (Å²) in [6.07, 6.45) is 7.21. The second-order valence-electron chi connectivity index (χ2n) is 13.2. The van der Waals surface area contributed by atoms with Crippen LogP contribution in [-0.4, -0.2) is 46.2 Å². The summed E-state index contributed by atoms with van der Waals surface area (Å²) >= 11 is 0. The van der Waals surface area contributed by atoms with Crippen molar-refractivity contribution in [3.8, 4) is 0 Å². The maximum atomic E-state index is 13.4. The Bertz CT molecular complexity index is 804. The largest absolute Gasteiger partial charge is 0.393 e. The summed E-state index contributed by atoms with van der Waals surface area (Å²) in [6, 6.07) is 0. The SMILES string of the molecule is C[C@H]1CCC2(OC1)O[C@H]1C[C@H]3[C@@H]4CC(=O)[C@]5(O)C[C@H](O)CC[C@@]5(C)[C@H]4CC[C@@]3(C)[C@H]1[C@H]2C. The maximum Gasteiger partial charge on any atom is 0.171 e. The quantitative estimate of drug-likeness (QED) is 0.586. The van der Waals surface area contributed by atoms with Crippen LogP contribution in [0.25, 0.3) is 0 Å². The first-order valence-corrected chi connectivity index (χ1v) is 13.3. The van der Waals surface area contributed by atoms with Crippen LogP contribution < -0.4 is 0 Å². The van der Waals surface area contributed by atoms with Crippen molar-refractivity contribution in [2.45, 2.75) is 109 Å². The summed E-state index contributed by atoms with van der Waals surface area (Å²) in [5, 5.41) is 21.8. The van der Waals surface area contributed by atoms with Gasteiger partial charge in [-0.05, 0) is 73.5 Å². The van der Waals surface area contributed by atoms with Gasteiger partial charge in [-0.2, -0.15) is 0 Å². The smallest absolute Gasteiger partial charge is 0.171 e. The molecule has 0 aromatic carbocycles. The van der Waals surface area contributed by atoms with Crippen molar-refractivity contribution >= 4 is 5.78 Å². The Morgan fingerprint density at radius 1 is 1.03 bits per heavy atom. The van der Waals surface area contributed by atoms with Gasteiger partial charge < -0.3 is 19.7 Å². The molecule has 6 aliphatic rings. The summed E-state index contributed by atoms with van der Waals surface area (Å²) in [7, 11) is 0. The number of carbonyl (C=O) groups is 1. The lowest BCUT2D eigenvalue weighted by Gasteiger charge is -2.63. The third kappa shape index (κ3) is 2.58. The zero-order chi connectivity index (χ0) is 22.7. The Balaban J connectivity index is 1.30. The Labute approximate surface area is 192 Å². The van der Waals surface area contributed by atoms with Gasteiger partial charge >= 0.3 is 0 Å². The van der Waals surface area contributed by atoms with Crippen LogP contribution in [0.15, 0.2) is 0 Å². The van der Waals surface area contributed by atoms with E-state index < -0.39 is 22.9 Å². The Kier molecular flexibility index (Phi) is 4.68. The van der Waals surface area contributed by atoms with Gasteiger partial charge in [-0.25, -0.2) is 0 Å². The highest BCUT2D eigenvalue weighted by molar-refractivity contribution is 5.89. The zero-order valence-electron chi connectivity index (χ0n) is 20.3. The molecule has 0 amide bonds. The van der Waals surface area contributed by atoms with Gasteiger partial charge in [0.05, 0.1) is 18.8 Å². The van der Waals surface area contributed by atoms with Crippen LogP contribution >= 0.6 is 0 Å². The second-order valence-corrected chi connectivity index (χ2v) is 13.2. The standard InChI is InChI=1S/C27H42O5/c1-15-5-10-27(31-14-15)16(2)23-21(32-27)12-20-18-11-22(29)26(30)13-17(28)6-9-25(26,4)19(18)7-8-24(20,23)3/h15-21,23,28,30H,5-14H2,1-4H3/t15-,16+,17+,18+,19-,20-,21-,23-,24+,25-,26+,27?/m0/s1. The molecule has 2 heterocycles. The second kappa shape index (κ2) is 6.80. The number of rotatable bonds is 0. The average molecular weight is 447 g/mol. The summed E-state index contributed by atoms with van der Waals surface area (Å²) in [6.45, 7) is 10.0. The number of Topliss-reactive ketones (excluding diaryl/α,β-unsaturated/α-hetero) is 1. The lowest BCUT2D eigenvalue weighted by atomic mass is 9.42. The van der Waals surface area contributed by atoms with E-state index in [1.165, 1.54) is 6.42 Å². The van der Waals surface area contributed by atoms with Gasteiger partial charge in [0.1, 0.15) is 5.60 Å². The molecule has 4 aliphatic carbocycles. The van der Waals surface area contributed by atoms with Crippen LogP contribution in [0.4, 0.5) is 0 Å². The summed E-state index contributed by atoms with van der Waals surface area (Å²) in [4.78, 5) is 13.4. The van der Waals surface area contributed by atoms with Gasteiger partial charge in [-0.15, -0.1) is 0 Å². The molecule has 6 fully saturated rings. The Hall–Kier alpha value is -0.490. The van der Waals surface area contributed by atoms with Crippen molar-refractivity contribution < 1.29 is 24.5 Å². The zero-order valence-corrected chi connectivity index (χ0v) is 20.3. The van der Waals surface area contributed by atoms with Crippen LogP contribution in [0.2, 0.25) is 0 Å². The van der Waals surface area contributed by atoms with Crippen molar-refractivity contribution in [1.29, 1.82) is 0 Å². The van der Waals surface area contributed by atoms with Crippen LogP contribution in [-0.2, 0) is 14.3 Å². The number of aliphatic hydroxyl groups excluding tert-OH is 1. The Morgan fingerprint density at radius 3 is 2.53 bits per heavy atom. The Morgan fingerprint density at radius 2 is 1.81 bits per heavy atom. The number of fused-ring (bicyclic) bond motifs is 7. The summed E-state index contributed by atoms with van der Waals surface area (Å²) in [5.41, 5.74) is -1.60. The molecule has 0 radical (unpaired) electrons. The highest BCUT2D eigenvalue weighted by Gasteiger charge is 2.72. The fraction of sp³-hybridized carbons (Fsp3) is 0.963. The third-order valence-corrected chi connectivity index (χ3v) is 11.9. The molecule has 6 rings (SSSR count). The molecule has 0 aromatic rings. The fourth-order valence-corrected chi connectivity index (χ4v) is 10.0. The van der Waals surface area contributed by atoms with Crippen molar-refractivity contribution in [3.05, 3.63) is 0 Å². The lowest BCUT2D eigenvalue weighted by Crippen LogP contribution is -2.67. The minimum Gasteiger partial charge on any atom is -0.393 e. The molecule has 4 saturated carbocycles. The average Bonchev–Trinajstić information content (AvgIpc) is 3.18. The number of hydrogen-bond acceptors (Lipinski definition) is 5. The van der Waals surface area contributed by atoms with Crippen molar-refractivity contribution in [2.75, 3.05) is 6.61 Å². The monoisotopic (exact) mass is 446 g/mol. The minimum atomic E-state index is -1.35. The van der Waals surface area contributed by atoms with E-state index in [-0.39, 0.29) is 23.7 Å². The predicted octanol–water partition coefficient (Wildman–Crippen LogP) is 4.09. The lowest BCUT2D eigenvalue weighted by molar-refractivity contribution is -0.273. The molecule has 0 aromatic heterocycles. The molecule has 5 nitrogen and oxygen atoms in total. The van der Waals surface area contributed by atoms with Gasteiger partial charge in [0.2, 0.25) is 0 Å². The van der Waals surface area contributed by atoms with E-state index >= 15 is 0 Å². The minimum absolute atomic E-state index is 0.0173. The molecule has 32 heavy (non-hydrogen) atoms. The third-order valence-electron chi connectivity index (χ3n) is 11.9. The first-order chi connectivity index (χ1) is 15.0. The normalized spacial score (nSPS) is 61.8. The fourth-order valence-electron chi connectivity index (χ4n) is 10.0. The van der Waals surface area contributed by atoms with E-state index in [0.29, 0.717) is 48.3 Å². The van der Waals surface area contributed by atoms with Gasteiger partial charge in [-0.1, -0.05) is 27.7 Å². The van der Waals surface area contributed by atoms with Crippen molar-refractivity contribution in [3.63, 3.8) is 0 Å². The maximum absolute atomic E-state index is 13.4. The molecular formula is C27H42O5. The van der Waals surface area contributed by atoms with Crippen LogP contribution in [0, 0.1) is 46.3 Å².